The largest absolute Gasteiger partial charge is 0.508 e. The van der Waals surface area contributed by atoms with Crippen LogP contribution in [0.2, 0.25) is 0 Å². The molecule has 0 saturated heterocycles. The standard InChI is InChI=1S/C12H18FNO/c1-4-8(2)14-9(3)11-7-10(13)5-6-12(11)15/h5-9,14-15H,4H2,1-3H3/t8-,9+/m0/s1. The maximum absolute atomic E-state index is 13.0. The lowest BCUT2D eigenvalue weighted by molar-refractivity contribution is 0.427. The molecule has 84 valence electrons. The van der Waals surface area contributed by atoms with Gasteiger partial charge in [0.05, 0.1) is 0 Å². The summed E-state index contributed by atoms with van der Waals surface area (Å²) in [6.45, 7) is 6.06. The molecule has 0 aromatic heterocycles. The third-order valence-corrected chi connectivity index (χ3v) is 2.60. The van der Waals surface area contributed by atoms with Gasteiger partial charge < -0.3 is 10.4 Å². The van der Waals surface area contributed by atoms with Crippen molar-refractivity contribution in [2.45, 2.75) is 39.3 Å². The topological polar surface area (TPSA) is 32.3 Å². The summed E-state index contributed by atoms with van der Waals surface area (Å²) in [5, 5.41) is 12.9. The number of hydrogen-bond acceptors (Lipinski definition) is 2. The highest BCUT2D eigenvalue weighted by Crippen LogP contribution is 2.25. The molecule has 1 aromatic carbocycles. The van der Waals surface area contributed by atoms with Crippen LogP contribution in [0.25, 0.3) is 0 Å². The molecule has 0 saturated carbocycles. The van der Waals surface area contributed by atoms with Gasteiger partial charge in [-0.1, -0.05) is 6.92 Å². The minimum absolute atomic E-state index is 0.0457. The number of benzene rings is 1. The van der Waals surface area contributed by atoms with Crippen molar-refractivity contribution in [3.05, 3.63) is 29.6 Å². The maximum atomic E-state index is 13.0. The average molecular weight is 211 g/mol. The second kappa shape index (κ2) is 5.12. The summed E-state index contributed by atoms with van der Waals surface area (Å²) in [7, 11) is 0. The molecule has 3 heteroatoms. The Labute approximate surface area is 90.1 Å². The van der Waals surface area contributed by atoms with E-state index in [9.17, 15) is 9.50 Å². The first kappa shape index (κ1) is 12.0. The Hall–Kier alpha value is -1.09. The molecular weight excluding hydrogens is 193 g/mol. The third kappa shape index (κ3) is 3.20. The molecular formula is C12H18FNO. The first-order chi connectivity index (χ1) is 7.04. The SMILES string of the molecule is CC[C@H](C)N[C@H](C)c1cc(F)ccc1O. The van der Waals surface area contributed by atoms with Crippen LogP contribution >= 0.6 is 0 Å². The minimum atomic E-state index is -0.319. The Morgan fingerprint density at radius 2 is 2.07 bits per heavy atom. The van der Waals surface area contributed by atoms with Crippen molar-refractivity contribution in [3.8, 4) is 5.75 Å². The van der Waals surface area contributed by atoms with E-state index >= 15 is 0 Å². The van der Waals surface area contributed by atoms with Crippen LogP contribution < -0.4 is 5.32 Å². The van der Waals surface area contributed by atoms with E-state index in [4.69, 9.17) is 0 Å². The van der Waals surface area contributed by atoms with Gasteiger partial charge in [-0.15, -0.1) is 0 Å². The van der Waals surface area contributed by atoms with Gasteiger partial charge in [0, 0.05) is 17.6 Å². The van der Waals surface area contributed by atoms with Gasteiger partial charge in [0.1, 0.15) is 11.6 Å². The molecule has 2 nitrogen and oxygen atoms in total. The zero-order chi connectivity index (χ0) is 11.4. The molecule has 0 aliphatic heterocycles. The van der Waals surface area contributed by atoms with E-state index in [2.05, 4.69) is 19.2 Å². The molecule has 0 heterocycles. The van der Waals surface area contributed by atoms with Gasteiger partial charge in [-0.2, -0.15) is 0 Å². The Morgan fingerprint density at radius 3 is 2.67 bits per heavy atom. The molecule has 0 radical (unpaired) electrons. The van der Waals surface area contributed by atoms with Gasteiger partial charge in [-0.3, -0.25) is 0 Å². The van der Waals surface area contributed by atoms with Crippen molar-refractivity contribution >= 4 is 0 Å². The molecule has 0 unspecified atom stereocenters. The van der Waals surface area contributed by atoms with Gasteiger partial charge in [0.15, 0.2) is 0 Å². The van der Waals surface area contributed by atoms with Crippen LogP contribution in [-0.4, -0.2) is 11.1 Å². The number of hydrogen-bond donors (Lipinski definition) is 2. The van der Waals surface area contributed by atoms with Crippen molar-refractivity contribution < 1.29 is 9.50 Å². The molecule has 0 spiro atoms. The fourth-order valence-corrected chi connectivity index (χ4v) is 1.51. The lowest BCUT2D eigenvalue weighted by Gasteiger charge is -2.20. The third-order valence-electron chi connectivity index (χ3n) is 2.60. The number of rotatable bonds is 4. The van der Waals surface area contributed by atoms with E-state index in [1.165, 1.54) is 18.2 Å². The number of halogens is 1. The van der Waals surface area contributed by atoms with Crippen molar-refractivity contribution in [3.63, 3.8) is 0 Å². The first-order valence-electron chi connectivity index (χ1n) is 5.29. The molecule has 1 aromatic rings. The monoisotopic (exact) mass is 211 g/mol. The van der Waals surface area contributed by atoms with Crippen molar-refractivity contribution in [1.82, 2.24) is 5.32 Å². The van der Waals surface area contributed by atoms with E-state index in [-0.39, 0.29) is 17.6 Å². The molecule has 0 amide bonds. The van der Waals surface area contributed by atoms with Gasteiger partial charge in [-0.25, -0.2) is 4.39 Å². The van der Waals surface area contributed by atoms with E-state index in [0.717, 1.165) is 6.42 Å². The molecule has 15 heavy (non-hydrogen) atoms. The van der Waals surface area contributed by atoms with E-state index in [1.54, 1.807) is 0 Å². The predicted molar refractivity (Wildman–Crippen MR) is 59.4 cm³/mol. The van der Waals surface area contributed by atoms with Crippen LogP contribution in [0.4, 0.5) is 4.39 Å². The predicted octanol–water partition coefficient (Wildman–Crippen LogP) is 2.98. The Kier molecular flexibility index (Phi) is 4.09. The lowest BCUT2D eigenvalue weighted by atomic mass is 10.1. The highest BCUT2D eigenvalue weighted by molar-refractivity contribution is 5.34. The van der Waals surface area contributed by atoms with Gasteiger partial charge in [0.25, 0.3) is 0 Å². The normalized spacial score (nSPS) is 14.9. The maximum Gasteiger partial charge on any atom is 0.123 e. The zero-order valence-corrected chi connectivity index (χ0v) is 9.42. The van der Waals surface area contributed by atoms with E-state index < -0.39 is 0 Å². The molecule has 0 bridgehead atoms. The lowest BCUT2D eigenvalue weighted by Crippen LogP contribution is -2.28. The smallest absolute Gasteiger partial charge is 0.123 e. The first-order valence-corrected chi connectivity index (χ1v) is 5.29. The van der Waals surface area contributed by atoms with E-state index in [0.29, 0.717) is 11.6 Å². The summed E-state index contributed by atoms with van der Waals surface area (Å²) >= 11 is 0. The fraction of sp³-hybridized carbons (Fsp3) is 0.500. The fourth-order valence-electron chi connectivity index (χ4n) is 1.51. The summed E-state index contributed by atoms with van der Waals surface area (Å²) < 4.78 is 13.0. The second-order valence-corrected chi connectivity index (χ2v) is 3.90. The Morgan fingerprint density at radius 1 is 1.40 bits per heavy atom. The quantitative estimate of drug-likeness (QED) is 0.802. The highest BCUT2D eigenvalue weighted by Gasteiger charge is 2.12. The number of nitrogens with one attached hydrogen (secondary N) is 1. The van der Waals surface area contributed by atoms with Gasteiger partial charge in [0.2, 0.25) is 0 Å². The van der Waals surface area contributed by atoms with Crippen LogP contribution in [-0.2, 0) is 0 Å². The summed E-state index contributed by atoms with van der Waals surface area (Å²) in [5.41, 5.74) is 0.607. The minimum Gasteiger partial charge on any atom is -0.508 e. The zero-order valence-electron chi connectivity index (χ0n) is 9.42. The summed E-state index contributed by atoms with van der Waals surface area (Å²) in [5.74, 6) is -0.180. The van der Waals surface area contributed by atoms with Crippen LogP contribution in [0, 0.1) is 5.82 Å². The Balaban J connectivity index is 2.80. The number of phenols is 1. The molecule has 1 rings (SSSR count). The highest BCUT2D eigenvalue weighted by atomic mass is 19.1. The summed E-state index contributed by atoms with van der Waals surface area (Å²) in [4.78, 5) is 0. The van der Waals surface area contributed by atoms with Gasteiger partial charge >= 0.3 is 0 Å². The van der Waals surface area contributed by atoms with Gasteiger partial charge in [-0.05, 0) is 38.5 Å². The Bertz CT molecular complexity index is 327. The van der Waals surface area contributed by atoms with Crippen LogP contribution in [0.15, 0.2) is 18.2 Å². The van der Waals surface area contributed by atoms with Crippen LogP contribution in [0.1, 0.15) is 38.8 Å². The summed E-state index contributed by atoms with van der Waals surface area (Å²) in [6.07, 6.45) is 1.00. The second-order valence-electron chi connectivity index (χ2n) is 3.90. The number of phenolic OH excluding ortho intramolecular Hbond substituents is 1. The van der Waals surface area contributed by atoms with Crippen molar-refractivity contribution in [2.24, 2.45) is 0 Å². The molecule has 2 atom stereocenters. The summed E-state index contributed by atoms with van der Waals surface area (Å²) in [6, 6.07) is 4.32. The molecule has 2 N–H and O–H groups in total. The molecule has 0 aliphatic carbocycles. The molecule has 0 fully saturated rings. The van der Waals surface area contributed by atoms with E-state index in [1.807, 2.05) is 6.92 Å². The van der Waals surface area contributed by atoms with Crippen molar-refractivity contribution in [2.75, 3.05) is 0 Å². The van der Waals surface area contributed by atoms with Crippen molar-refractivity contribution in [1.29, 1.82) is 0 Å². The number of aromatic hydroxyl groups is 1. The van der Waals surface area contributed by atoms with Crippen LogP contribution in [0.3, 0.4) is 0 Å². The van der Waals surface area contributed by atoms with Crippen LogP contribution in [0.5, 0.6) is 5.75 Å². The molecule has 0 aliphatic rings. The average Bonchev–Trinajstić information content (AvgIpc) is 2.21.